The van der Waals surface area contributed by atoms with Gasteiger partial charge in [-0.2, -0.15) is 0 Å². The van der Waals surface area contributed by atoms with Crippen LogP contribution in [0.2, 0.25) is 0 Å². The summed E-state index contributed by atoms with van der Waals surface area (Å²) in [6.07, 6.45) is 4.72. The zero-order valence-electron chi connectivity index (χ0n) is 15.3. The van der Waals surface area contributed by atoms with Crippen LogP contribution in [0.5, 0.6) is 5.75 Å². The van der Waals surface area contributed by atoms with E-state index in [2.05, 4.69) is 25.6 Å². The summed E-state index contributed by atoms with van der Waals surface area (Å²) < 4.78 is 5.26. The zero-order valence-corrected chi connectivity index (χ0v) is 15.3. The summed E-state index contributed by atoms with van der Waals surface area (Å²) in [5.41, 5.74) is 7.84. The number of benzene rings is 1. The Bertz CT molecular complexity index is 1020. The van der Waals surface area contributed by atoms with Gasteiger partial charge in [-0.3, -0.25) is 14.6 Å². The van der Waals surface area contributed by atoms with Crippen LogP contribution in [0.25, 0.3) is 11.3 Å². The van der Waals surface area contributed by atoms with Crippen molar-refractivity contribution in [3.8, 4) is 17.0 Å². The van der Waals surface area contributed by atoms with Gasteiger partial charge in [0.15, 0.2) is 11.5 Å². The number of anilines is 3. The molecule has 9 heteroatoms. The fraction of sp³-hybridized carbons (Fsp3) is 0.105. The van der Waals surface area contributed by atoms with Crippen LogP contribution < -0.4 is 21.1 Å². The molecule has 2 aromatic heterocycles. The number of hydrogen-bond acceptors (Lipinski definition) is 7. The molecule has 0 aliphatic rings. The first-order valence-corrected chi connectivity index (χ1v) is 8.28. The number of nitrogens with zero attached hydrogens (tertiary/aromatic N) is 3. The minimum Gasteiger partial charge on any atom is -0.495 e. The van der Waals surface area contributed by atoms with Gasteiger partial charge in [0.1, 0.15) is 5.75 Å². The summed E-state index contributed by atoms with van der Waals surface area (Å²) in [7, 11) is 1.47. The summed E-state index contributed by atoms with van der Waals surface area (Å²) >= 11 is 0. The molecule has 0 aliphatic carbocycles. The van der Waals surface area contributed by atoms with Crippen LogP contribution in [0.3, 0.4) is 0 Å². The number of hydrogen-bond donors (Lipinski definition) is 3. The Hall–Kier alpha value is -4.01. The monoisotopic (exact) mass is 378 g/mol. The van der Waals surface area contributed by atoms with Crippen molar-refractivity contribution in [1.29, 1.82) is 0 Å². The Labute approximate surface area is 161 Å². The molecule has 4 N–H and O–H groups in total. The van der Waals surface area contributed by atoms with Gasteiger partial charge in [0.2, 0.25) is 5.91 Å². The number of carbonyl (C=O) groups excluding carboxylic acids is 2. The second kappa shape index (κ2) is 8.12. The molecule has 0 saturated carbocycles. The molecule has 3 rings (SSSR count). The van der Waals surface area contributed by atoms with E-state index < -0.39 is 5.91 Å². The van der Waals surface area contributed by atoms with Gasteiger partial charge in [-0.05, 0) is 30.3 Å². The lowest BCUT2D eigenvalue weighted by Gasteiger charge is -2.13. The Balaban J connectivity index is 1.92. The molecule has 142 valence electrons. The molecule has 0 spiro atoms. The number of rotatable bonds is 5. The van der Waals surface area contributed by atoms with Crippen LogP contribution >= 0.6 is 0 Å². The van der Waals surface area contributed by atoms with E-state index in [1.807, 2.05) is 0 Å². The molecular weight excluding hydrogens is 360 g/mol. The van der Waals surface area contributed by atoms with E-state index in [0.717, 1.165) is 0 Å². The van der Waals surface area contributed by atoms with Crippen LogP contribution in [0.1, 0.15) is 17.4 Å². The quantitative estimate of drug-likeness (QED) is 0.621. The second-order valence-electron chi connectivity index (χ2n) is 5.78. The summed E-state index contributed by atoms with van der Waals surface area (Å²) in [5.74, 6) is -0.393. The average molecular weight is 378 g/mol. The van der Waals surface area contributed by atoms with E-state index >= 15 is 0 Å². The molecular formula is C19H18N6O3. The van der Waals surface area contributed by atoms with E-state index in [0.29, 0.717) is 28.4 Å². The van der Waals surface area contributed by atoms with Crippen LogP contribution in [-0.2, 0) is 4.79 Å². The highest BCUT2D eigenvalue weighted by molar-refractivity contribution is 6.07. The molecule has 0 aliphatic heterocycles. The molecule has 0 bridgehead atoms. The molecule has 0 radical (unpaired) electrons. The number of amides is 2. The third-order valence-corrected chi connectivity index (χ3v) is 3.74. The van der Waals surface area contributed by atoms with Crippen molar-refractivity contribution >= 4 is 29.0 Å². The van der Waals surface area contributed by atoms with Crippen molar-refractivity contribution in [3.63, 3.8) is 0 Å². The van der Waals surface area contributed by atoms with Gasteiger partial charge >= 0.3 is 0 Å². The van der Waals surface area contributed by atoms with Crippen LogP contribution in [0.4, 0.5) is 17.2 Å². The Kier molecular flexibility index (Phi) is 5.45. The van der Waals surface area contributed by atoms with Gasteiger partial charge in [0.05, 0.1) is 24.7 Å². The number of nitrogens with two attached hydrogens (primary N) is 1. The number of carbonyl (C=O) groups is 2. The molecule has 9 nitrogen and oxygen atoms in total. The number of nitrogen functional groups attached to an aromatic ring is 1. The molecule has 28 heavy (non-hydrogen) atoms. The highest BCUT2D eigenvalue weighted by Gasteiger charge is 2.17. The first-order valence-electron chi connectivity index (χ1n) is 8.28. The fourth-order valence-electron chi connectivity index (χ4n) is 2.49. The van der Waals surface area contributed by atoms with Crippen molar-refractivity contribution in [3.05, 3.63) is 54.6 Å². The van der Waals surface area contributed by atoms with E-state index in [1.165, 1.54) is 20.2 Å². The van der Waals surface area contributed by atoms with E-state index in [4.69, 9.17) is 10.5 Å². The number of ether oxygens (including phenoxy) is 1. The van der Waals surface area contributed by atoms with Gasteiger partial charge in [-0.15, -0.1) is 0 Å². The topological polar surface area (TPSA) is 132 Å². The fourth-order valence-corrected chi connectivity index (χ4v) is 2.49. The smallest absolute Gasteiger partial charge is 0.278 e. The molecule has 0 saturated heterocycles. The first kappa shape index (κ1) is 18.8. The predicted octanol–water partition coefficient (Wildman–Crippen LogP) is 2.34. The third-order valence-electron chi connectivity index (χ3n) is 3.74. The second-order valence-corrected chi connectivity index (χ2v) is 5.78. The minimum atomic E-state index is -0.561. The molecule has 0 unspecified atom stereocenters. The molecule has 0 atom stereocenters. The first-order chi connectivity index (χ1) is 13.5. The molecule has 0 fully saturated rings. The van der Waals surface area contributed by atoms with Gasteiger partial charge < -0.3 is 21.1 Å². The zero-order chi connectivity index (χ0) is 20.1. The average Bonchev–Trinajstić information content (AvgIpc) is 2.68. The lowest BCUT2D eigenvalue weighted by atomic mass is 10.2. The third kappa shape index (κ3) is 4.21. The van der Waals surface area contributed by atoms with Crippen molar-refractivity contribution in [2.24, 2.45) is 0 Å². The predicted molar refractivity (Wildman–Crippen MR) is 105 cm³/mol. The van der Waals surface area contributed by atoms with Crippen molar-refractivity contribution in [2.45, 2.75) is 6.92 Å². The van der Waals surface area contributed by atoms with Crippen molar-refractivity contribution in [2.75, 3.05) is 23.5 Å². The summed E-state index contributed by atoms with van der Waals surface area (Å²) in [5, 5.41) is 5.34. The van der Waals surface area contributed by atoms with Crippen molar-refractivity contribution in [1.82, 2.24) is 15.0 Å². The number of aromatic nitrogens is 3. The maximum Gasteiger partial charge on any atom is 0.278 e. The van der Waals surface area contributed by atoms with E-state index in [1.54, 1.807) is 42.7 Å². The Morgan fingerprint density at radius 1 is 1.14 bits per heavy atom. The van der Waals surface area contributed by atoms with Crippen LogP contribution in [-0.4, -0.2) is 33.9 Å². The Morgan fingerprint density at radius 2 is 1.96 bits per heavy atom. The van der Waals surface area contributed by atoms with Crippen LogP contribution in [0, 0.1) is 0 Å². The molecule has 2 amide bonds. The molecule has 3 aromatic rings. The molecule has 2 heterocycles. The maximum atomic E-state index is 12.8. The highest BCUT2D eigenvalue weighted by Crippen LogP contribution is 2.28. The number of methoxy groups -OCH3 is 1. The van der Waals surface area contributed by atoms with Gasteiger partial charge in [0.25, 0.3) is 5.91 Å². The Morgan fingerprint density at radius 3 is 2.64 bits per heavy atom. The maximum absolute atomic E-state index is 12.8. The number of pyridine rings is 1. The summed E-state index contributed by atoms with van der Waals surface area (Å²) in [4.78, 5) is 36.4. The lowest BCUT2D eigenvalue weighted by molar-refractivity contribution is -0.114. The van der Waals surface area contributed by atoms with Gasteiger partial charge in [0, 0.05) is 30.6 Å². The summed E-state index contributed by atoms with van der Waals surface area (Å²) in [6.45, 7) is 1.39. The van der Waals surface area contributed by atoms with Gasteiger partial charge in [-0.25, -0.2) is 9.97 Å². The highest BCUT2D eigenvalue weighted by atomic mass is 16.5. The molecule has 1 aromatic carbocycles. The SMILES string of the molecule is COc1ccc(NC(C)=O)cc1NC(=O)c1nc(-c2cccnc2)cnc1N. The van der Waals surface area contributed by atoms with Crippen LogP contribution in [0.15, 0.2) is 48.9 Å². The van der Waals surface area contributed by atoms with Gasteiger partial charge in [-0.1, -0.05) is 0 Å². The number of nitrogens with one attached hydrogen (secondary N) is 2. The normalized spacial score (nSPS) is 10.2. The largest absolute Gasteiger partial charge is 0.495 e. The van der Waals surface area contributed by atoms with E-state index in [9.17, 15) is 9.59 Å². The summed E-state index contributed by atoms with van der Waals surface area (Å²) in [6, 6.07) is 8.42. The lowest BCUT2D eigenvalue weighted by Crippen LogP contribution is -2.18. The minimum absolute atomic E-state index is 0.0119. The van der Waals surface area contributed by atoms with Crippen molar-refractivity contribution < 1.29 is 14.3 Å². The standard InChI is InChI=1S/C19H18N6O3/c1-11(26)23-13-5-6-16(28-2)14(8-13)25-19(27)17-18(20)22-10-15(24-17)12-4-3-7-21-9-12/h3-10H,1-2H3,(H2,20,22)(H,23,26)(H,25,27). The van der Waals surface area contributed by atoms with E-state index in [-0.39, 0.29) is 17.4 Å².